The number of rotatable bonds is 8. The van der Waals surface area contributed by atoms with Gasteiger partial charge < -0.3 is 19.3 Å². The van der Waals surface area contributed by atoms with Gasteiger partial charge in [-0.2, -0.15) is 15.8 Å². The Morgan fingerprint density at radius 3 is 1.47 bits per heavy atom. The third-order valence-corrected chi connectivity index (χ3v) is 4.17. The second-order valence-corrected chi connectivity index (χ2v) is 6.81. The summed E-state index contributed by atoms with van der Waals surface area (Å²) in [6, 6.07) is 7.39. The van der Waals surface area contributed by atoms with Crippen LogP contribution in [0.5, 0.6) is 0 Å². The Balaban J connectivity index is 4.05. The average Bonchev–Trinajstić information content (AvgIpc) is 2.74. The lowest BCUT2D eigenvalue weighted by Gasteiger charge is -2.25. The van der Waals surface area contributed by atoms with Gasteiger partial charge in [0.2, 0.25) is 0 Å². The Labute approximate surface area is 188 Å². The zero-order valence-electron chi connectivity index (χ0n) is 19.0. The Morgan fingerprint density at radius 1 is 0.844 bits per heavy atom. The number of anilines is 2. The Kier molecular flexibility index (Phi) is 9.48. The summed E-state index contributed by atoms with van der Waals surface area (Å²) in [6.07, 6.45) is 2.64. The van der Waals surface area contributed by atoms with E-state index in [9.17, 15) is 25.4 Å². The van der Waals surface area contributed by atoms with Crippen LogP contribution in [0.25, 0.3) is 12.2 Å². The number of nitrogens with zero attached hydrogens (tertiary/aromatic N) is 5. The molecule has 0 radical (unpaired) electrons. The number of nitriles is 3. The molecule has 9 heteroatoms. The van der Waals surface area contributed by atoms with E-state index in [1.54, 1.807) is 57.9 Å². The van der Waals surface area contributed by atoms with Crippen molar-refractivity contribution in [2.75, 3.05) is 51.2 Å². The summed E-state index contributed by atoms with van der Waals surface area (Å²) in [5, 5.41) is 28.8. The molecule has 0 amide bonds. The summed E-state index contributed by atoms with van der Waals surface area (Å²) < 4.78 is 9.85. The van der Waals surface area contributed by atoms with Gasteiger partial charge in [-0.15, -0.1) is 0 Å². The zero-order chi connectivity index (χ0) is 24.4. The topological polar surface area (TPSA) is 130 Å². The van der Waals surface area contributed by atoms with Crippen LogP contribution < -0.4 is 9.80 Å². The normalized spacial score (nSPS) is 11.0. The second-order valence-electron chi connectivity index (χ2n) is 6.81. The molecular formula is C23H25N5O4. The Morgan fingerprint density at radius 2 is 1.22 bits per heavy atom. The highest BCUT2D eigenvalue weighted by Crippen LogP contribution is 2.37. The molecule has 1 rings (SSSR count). The van der Waals surface area contributed by atoms with E-state index < -0.39 is 11.9 Å². The van der Waals surface area contributed by atoms with E-state index in [1.165, 1.54) is 12.2 Å². The van der Waals surface area contributed by atoms with Gasteiger partial charge >= 0.3 is 11.9 Å². The van der Waals surface area contributed by atoms with Gasteiger partial charge in [0.05, 0.1) is 30.2 Å². The van der Waals surface area contributed by atoms with Gasteiger partial charge in [-0.25, -0.2) is 9.59 Å². The van der Waals surface area contributed by atoms with E-state index in [-0.39, 0.29) is 29.9 Å². The van der Waals surface area contributed by atoms with Crippen LogP contribution in [0.2, 0.25) is 0 Å². The molecule has 0 unspecified atom stereocenters. The van der Waals surface area contributed by atoms with Crippen LogP contribution >= 0.6 is 0 Å². The van der Waals surface area contributed by atoms with Crippen molar-refractivity contribution in [2.45, 2.75) is 13.8 Å². The quantitative estimate of drug-likeness (QED) is 0.343. The monoisotopic (exact) mass is 435 g/mol. The van der Waals surface area contributed by atoms with E-state index in [4.69, 9.17) is 9.47 Å². The predicted octanol–water partition coefficient (Wildman–Crippen LogP) is 2.63. The van der Waals surface area contributed by atoms with Gasteiger partial charge in [-0.1, -0.05) is 0 Å². The highest BCUT2D eigenvalue weighted by Gasteiger charge is 2.22. The van der Waals surface area contributed by atoms with Crippen LogP contribution in [0.4, 0.5) is 11.4 Å². The molecular weight excluding hydrogens is 410 g/mol. The molecule has 0 aliphatic heterocycles. The lowest BCUT2D eigenvalue weighted by atomic mass is 9.96. The number of carbonyl (C=O) groups excluding carboxylic acids is 2. The van der Waals surface area contributed by atoms with Gasteiger partial charge in [0, 0.05) is 39.3 Å². The van der Waals surface area contributed by atoms with Crippen LogP contribution in [0, 0.1) is 34.0 Å². The number of esters is 2. The third kappa shape index (κ3) is 5.87. The maximum atomic E-state index is 12.1. The van der Waals surface area contributed by atoms with Crippen molar-refractivity contribution in [2.24, 2.45) is 0 Å². The summed E-state index contributed by atoms with van der Waals surface area (Å²) in [5.41, 5.74) is 1.39. The first-order valence-corrected chi connectivity index (χ1v) is 9.70. The summed E-state index contributed by atoms with van der Waals surface area (Å²) in [5.74, 6) is -1.59. The second kappa shape index (κ2) is 11.8. The smallest absolute Gasteiger partial charge is 0.348 e. The summed E-state index contributed by atoms with van der Waals surface area (Å²) >= 11 is 0. The zero-order valence-corrected chi connectivity index (χ0v) is 19.0. The first-order valence-electron chi connectivity index (χ1n) is 9.70. The van der Waals surface area contributed by atoms with Crippen molar-refractivity contribution in [3.8, 4) is 18.2 Å². The standard InChI is InChI=1S/C23H25N5O4/c1-7-31-22(29)17(12-24)10-15-9-16(11-18(13-25)23(30)32-8-2)21(28(5)6)19(14-26)20(15)27(3)4/h9-11H,7-8H2,1-6H3/b17-10-,18-11-. The van der Waals surface area contributed by atoms with Gasteiger partial charge in [0.25, 0.3) is 0 Å². The van der Waals surface area contributed by atoms with Gasteiger partial charge in [-0.05, 0) is 32.1 Å². The predicted molar refractivity (Wildman–Crippen MR) is 120 cm³/mol. The first-order chi connectivity index (χ1) is 15.2. The van der Waals surface area contributed by atoms with E-state index in [1.807, 2.05) is 12.1 Å². The molecule has 0 spiro atoms. The molecule has 9 nitrogen and oxygen atoms in total. The van der Waals surface area contributed by atoms with E-state index in [2.05, 4.69) is 6.07 Å². The molecule has 32 heavy (non-hydrogen) atoms. The van der Waals surface area contributed by atoms with Crippen molar-refractivity contribution in [3.63, 3.8) is 0 Å². The largest absolute Gasteiger partial charge is 0.462 e. The van der Waals surface area contributed by atoms with Crippen molar-refractivity contribution >= 4 is 35.5 Å². The van der Waals surface area contributed by atoms with Crippen molar-refractivity contribution in [3.05, 3.63) is 33.9 Å². The average molecular weight is 435 g/mol. The molecule has 1 aromatic rings. The van der Waals surface area contributed by atoms with E-state index >= 15 is 0 Å². The number of ether oxygens (including phenoxy) is 2. The molecule has 0 atom stereocenters. The van der Waals surface area contributed by atoms with Crippen LogP contribution in [0.1, 0.15) is 30.5 Å². The van der Waals surface area contributed by atoms with Crippen LogP contribution in [-0.2, 0) is 19.1 Å². The highest BCUT2D eigenvalue weighted by molar-refractivity contribution is 6.02. The third-order valence-electron chi connectivity index (χ3n) is 4.17. The van der Waals surface area contributed by atoms with Crippen molar-refractivity contribution < 1.29 is 19.1 Å². The van der Waals surface area contributed by atoms with Crippen LogP contribution in [0.15, 0.2) is 17.2 Å². The van der Waals surface area contributed by atoms with E-state index in [0.717, 1.165) is 0 Å². The molecule has 0 fully saturated rings. The van der Waals surface area contributed by atoms with Crippen LogP contribution in [-0.4, -0.2) is 53.3 Å². The summed E-state index contributed by atoms with van der Waals surface area (Å²) in [7, 11) is 6.88. The molecule has 0 aromatic heterocycles. The number of hydrogen-bond donors (Lipinski definition) is 0. The van der Waals surface area contributed by atoms with Crippen LogP contribution in [0.3, 0.4) is 0 Å². The molecule has 166 valence electrons. The number of hydrogen-bond acceptors (Lipinski definition) is 9. The van der Waals surface area contributed by atoms with E-state index in [0.29, 0.717) is 22.5 Å². The fourth-order valence-electron chi connectivity index (χ4n) is 3.00. The summed E-state index contributed by atoms with van der Waals surface area (Å²) in [4.78, 5) is 27.7. The minimum atomic E-state index is -0.795. The number of carbonyl (C=O) groups is 2. The molecule has 0 saturated heterocycles. The fourth-order valence-corrected chi connectivity index (χ4v) is 3.00. The van der Waals surface area contributed by atoms with Crippen molar-refractivity contribution in [1.29, 1.82) is 15.8 Å². The Hall–Kier alpha value is -4.29. The molecule has 0 heterocycles. The maximum Gasteiger partial charge on any atom is 0.348 e. The minimum absolute atomic E-state index is 0.0977. The fraction of sp³-hybridized carbons (Fsp3) is 0.348. The van der Waals surface area contributed by atoms with Gasteiger partial charge in [-0.3, -0.25) is 0 Å². The summed E-state index contributed by atoms with van der Waals surface area (Å²) in [6.45, 7) is 3.44. The van der Waals surface area contributed by atoms with Gasteiger partial charge in [0.15, 0.2) is 0 Å². The molecule has 0 aliphatic rings. The Bertz CT molecular complexity index is 1000. The lowest BCUT2D eigenvalue weighted by Crippen LogP contribution is -2.18. The highest BCUT2D eigenvalue weighted by atomic mass is 16.5. The molecule has 0 N–H and O–H groups in total. The molecule has 0 aliphatic carbocycles. The first kappa shape index (κ1) is 25.7. The lowest BCUT2D eigenvalue weighted by molar-refractivity contribution is -0.138. The SMILES string of the molecule is CCOC(=O)/C(C#N)=C\c1cc(/C=C(/C#N)C(=O)OCC)c(N(C)C)c(C#N)c1N(C)C. The minimum Gasteiger partial charge on any atom is -0.462 e. The molecule has 0 bridgehead atoms. The molecule has 1 aromatic carbocycles. The van der Waals surface area contributed by atoms with Gasteiger partial charge in [0.1, 0.15) is 29.4 Å². The van der Waals surface area contributed by atoms with Crippen molar-refractivity contribution in [1.82, 2.24) is 0 Å². The molecule has 0 saturated carbocycles. The maximum absolute atomic E-state index is 12.1. The number of benzene rings is 1.